The van der Waals surface area contributed by atoms with E-state index in [1.807, 2.05) is 12.1 Å². The van der Waals surface area contributed by atoms with Gasteiger partial charge in [-0.2, -0.15) is 0 Å². The quantitative estimate of drug-likeness (QED) is 0.636. The van der Waals surface area contributed by atoms with Crippen molar-refractivity contribution in [2.45, 2.75) is 52.7 Å². The van der Waals surface area contributed by atoms with Gasteiger partial charge in [-0.25, -0.2) is 4.39 Å². The Morgan fingerprint density at radius 2 is 1.88 bits per heavy atom. The maximum Gasteiger partial charge on any atom is 0.123 e. The number of hydrogen-bond acceptors (Lipinski definition) is 1. The molecule has 0 radical (unpaired) electrons. The van der Waals surface area contributed by atoms with E-state index < -0.39 is 0 Å². The summed E-state index contributed by atoms with van der Waals surface area (Å²) < 4.78 is 15.7. The van der Waals surface area contributed by atoms with Crippen molar-refractivity contribution in [1.82, 2.24) is 9.47 Å². The number of aromatic nitrogens is 1. The first-order valence-electron chi connectivity index (χ1n) is 9.66. The highest BCUT2D eigenvalue weighted by molar-refractivity contribution is 5.88. The first kappa shape index (κ1) is 17.3. The van der Waals surface area contributed by atoms with Crippen LogP contribution in [-0.2, 0) is 25.9 Å². The monoisotopic (exact) mass is 350 g/mol. The lowest BCUT2D eigenvalue weighted by Gasteiger charge is -2.33. The number of aryl methyl sites for hydroxylation is 3. The van der Waals surface area contributed by atoms with E-state index in [1.54, 1.807) is 12.1 Å². The Hall–Kier alpha value is -2.13. The summed E-state index contributed by atoms with van der Waals surface area (Å²) >= 11 is 0. The highest BCUT2D eigenvalue weighted by Crippen LogP contribution is 2.34. The van der Waals surface area contributed by atoms with Crippen LogP contribution in [0.5, 0.6) is 0 Å². The van der Waals surface area contributed by atoms with E-state index >= 15 is 0 Å². The molecule has 3 heteroatoms. The van der Waals surface area contributed by atoms with Crippen LogP contribution in [-0.4, -0.2) is 22.1 Å². The minimum atomic E-state index is -0.165. The van der Waals surface area contributed by atoms with E-state index in [4.69, 9.17) is 0 Å². The third-order valence-corrected chi connectivity index (χ3v) is 5.92. The molecule has 2 heterocycles. The number of hydrogen-bond donors (Lipinski definition) is 0. The Morgan fingerprint density at radius 3 is 2.62 bits per heavy atom. The molecule has 1 aromatic heterocycles. The van der Waals surface area contributed by atoms with E-state index in [-0.39, 0.29) is 5.82 Å². The van der Waals surface area contributed by atoms with Crippen LogP contribution < -0.4 is 0 Å². The predicted octanol–water partition coefficient (Wildman–Crippen LogP) is 5.10. The summed E-state index contributed by atoms with van der Waals surface area (Å²) in [4.78, 5) is 2.56. The summed E-state index contributed by atoms with van der Waals surface area (Å²) in [5.41, 5.74) is 6.91. The number of benzene rings is 2. The van der Waals surface area contributed by atoms with Crippen molar-refractivity contribution < 1.29 is 4.39 Å². The highest BCUT2D eigenvalue weighted by Gasteiger charge is 2.27. The zero-order valence-corrected chi connectivity index (χ0v) is 15.9. The van der Waals surface area contributed by atoms with Crippen LogP contribution in [0.1, 0.15) is 36.2 Å². The van der Waals surface area contributed by atoms with Crippen LogP contribution in [0, 0.1) is 12.7 Å². The minimum absolute atomic E-state index is 0.165. The summed E-state index contributed by atoms with van der Waals surface area (Å²) in [5, 5.41) is 1.41. The third kappa shape index (κ3) is 2.95. The van der Waals surface area contributed by atoms with Crippen LogP contribution in [0.3, 0.4) is 0 Å². The fourth-order valence-electron chi connectivity index (χ4n) is 4.45. The Balaban J connectivity index is 1.76. The van der Waals surface area contributed by atoms with E-state index in [9.17, 15) is 4.39 Å². The fraction of sp³-hybridized carbons (Fsp3) is 0.391. The molecule has 2 nitrogen and oxygen atoms in total. The van der Waals surface area contributed by atoms with Crippen molar-refractivity contribution in [3.05, 3.63) is 70.7 Å². The van der Waals surface area contributed by atoms with Crippen molar-refractivity contribution in [1.29, 1.82) is 0 Å². The second kappa shape index (κ2) is 6.88. The molecule has 0 aliphatic carbocycles. The zero-order chi connectivity index (χ0) is 18.3. The summed E-state index contributed by atoms with van der Waals surface area (Å²) in [5.74, 6) is -0.165. The Kier molecular flexibility index (Phi) is 4.58. The number of likely N-dealkylation sites (N-methyl/N-ethyl adjacent to an activating group) is 1. The van der Waals surface area contributed by atoms with Gasteiger partial charge in [0.15, 0.2) is 0 Å². The fourth-order valence-corrected chi connectivity index (χ4v) is 4.45. The molecule has 0 amide bonds. The molecule has 1 unspecified atom stereocenters. The Labute approximate surface area is 155 Å². The molecule has 0 fully saturated rings. The number of para-hydroxylation sites is 1. The first-order valence-corrected chi connectivity index (χ1v) is 9.66. The Bertz CT molecular complexity index is 924. The van der Waals surface area contributed by atoms with Gasteiger partial charge in [0, 0.05) is 36.6 Å². The van der Waals surface area contributed by atoms with Gasteiger partial charge in [-0.05, 0) is 55.6 Å². The van der Waals surface area contributed by atoms with Gasteiger partial charge in [0.1, 0.15) is 5.82 Å². The van der Waals surface area contributed by atoms with E-state index in [0.717, 1.165) is 32.5 Å². The van der Waals surface area contributed by atoms with Crippen molar-refractivity contribution in [3.8, 4) is 0 Å². The molecular formula is C23H27FN2. The summed E-state index contributed by atoms with van der Waals surface area (Å²) in [7, 11) is 0. The predicted molar refractivity (Wildman–Crippen MR) is 106 cm³/mol. The summed E-state index contributed by atoms with van der Waals surface area (Å²) in [6.45, 7) is 9.87. The first-order chi connectivity index (χ1) is 12.6. The maximum atomic E-state index is 13.2. The molecule has 4 rings (SSSR count). The zero-order valence-electron chi connectivity index (χ0n) is 15.9. The molecule has 26 heavy (non-hydrogen) atoms. The van der Waals surface area contributed by atoms with Gasteiger partial charge in [0.2, 0.25) is 0 Å². The van der Waals surface area contributed by atoms with Crippen molar-refractivity contribution >= 4 is 10.9 Å². The van der Waals surface area contributed by atoms with Crippen molar-refractivity contribution in [3.63, 3.8) is 0 Å². The van der Waals surface area contributed by atoms with Crippen LogP contribution in [0.25, 0.3) is 10.9 Å². The van der Waals surface area contributed by atoms with Crippen molar-refractivity contribution in [2.24, 2.45) is 0 Å². The molecular weight excluding hydrogens is 323 g/mol. The highest BCUT2D eigenvalue weighted by atomic mass is 19.1. The van der Waals surface area contributed by atoms with Gasteiger partial charge in [-0.1, -0.05) is 37.3 Å². The maximum absolute atomic E-state index is 13.2. The topological polar surface area (TPSA) is 8.17 Å². The SMILES string of the molecule is CCN1Cc2c(n(CCc3ccc(F)cc3)c3c(C)cccc23)CC1C. The molecule has 3 aromatic rings. The van der Waals surface area contributed by atoms with Crippen LogP contribution in [0.15, 0.2) is 42.5 Å². The van der Waals surface area contributed by atoms with Gasteiger partial charge in [0.05, 0.1) is 5.52 Å². The molecule has 136 valence electrons. The molecule has 0 saturated carbocycles. The lowest BCUT2D eigenvalue weighted by Crippen LogP contribution is -2.38. The average Bonchev–Trinajstić information content (AvgIpc) is 2.94. The average molecular weight is 350 g/mol. The second-order valence-electron chi connectivity index (χ2n) is 7.54. The molecule has 1 atom stereocenters. The van der Waals surface area contributed by atoms with Gasteiger partial charge in [-0.3, -0.25) is 4.90 Å². The number of rotatable bonds is 4. The van der Waals surface area contributed by atoms with Gasteiger partial charge >= 0.3 is 0 Å². The normalized spacial score (nSPS) is 17.6. The van der Waals surface area contributed by atoms with Gasteiger partial charge in [-0.15, -0.1) is 0 Å². The number of fused-ring (bicyclic) bond motifs is 3. The smallest absolute Gasteiger partial charge is 0.123 e. The molecule has 1 aliphatic heterocycles. The van der Waals surface area contributed by atoms with Gasteiger partial charge in [0.25, 0.3) is 0 Å². The molecule has 2 aromatic carbocycles. The number of halogens is 1. The van der Waals surface area contributed by atoms with E-state index in [2.05, 4.69) is 48.4 Å². The van der Waals surface area contributed by atoms with E-state index in [0.29, 0.717) is 6.04 Å². The Morgan fingerprint density at radius 1 is 1.12 bits per heavy atom. The van der Waals surface area contributed by atoms with Crippen LogP contribution in [0.2, 0.25) is 0 Å². The van der Waals surface area contributed by atoms with Crippen LogP contribution >= 0.6 is 0 Å². The third-order valence-electron chi connectivity index (χ3n) is 5.92. The molecule has 0 N–H and O–H groups in total. The standard InChI is InChI=1S/C23H27FN2/c1-4-25-15-21-20-7-5-6-16(2)23(20)26(22(21)14-17(25)3)13-12-18-8-10-19(24)11-9-18/h5-11,17H,4,12-15H2,1-3H3. The molecule has 1 aliphatic rings. The largest absolute Gasteiger partial charge is 0.344 e. The molecule has 0 bridgehead atoms. The second-order valence-corrected chi connectivity index (χ2v) is 7.54. The summed E-state index contributed by atoms with van der Waals surface area (Å²) in [6.07, 6.45) is 2.03. The minimum Gasteiger partial charge on any atom is -0.344 e. The molecule has 0 saturated heterocycles. The van der Waals surface area contributed by atoms with Crippen LogP contribution in [0.4, 0.5) is 4.39 Å². The van der Waals surface area contributed by atoms with Gasteiger partial charge < -0.3 is 4.57 Å². The number of nitrogens with zero attached hydrogens (tertiary/aromatic N) is 2. The lowest BCUT2D eigenvalue weighted by molar-refractivity contribution is 0.192. The molecule has 0 spiro atoms. The summed E-state index contributed by atoms with van der Waals surface area (Å²) in [6, 6.07) is 14.2. The van der Waals surface area contributed by atoms with E-state index in [1.165, 1.54) is 33.3 Å². The van der Waals surface area contributed by atoms with Crippen molar-refractivity contribution in [2.75, 3.05) is 6.54 Å². The lowest BCUT2D eigenvalue weighted by atomic mass is 9.99.